The van der Waals surface area contributed by atoms with Gasteiger partial charge in [-0.1, -0.05) is 13.2 Å². The normalized spacial score (nSPS) is 8.91. The lowest BCUT2D eigenvalue weighted by Crippen LogP contribution is -2.09. The summed E-state index contributed by atoms with van der Waals surface area (Å²) in [6, 6.07) is 0. The first-order chi connectivity index (χ1) is 4.95. The summed E-state index contributed by atoms with van der Waals surface area (Å²) in [5, 5.41) is 0. The Hall–Kier alpha value is -1.18. The van der Waals surface area contributed by atoms with Crippen LogP contribution < -0.4 is 0 Å². The van der Waals surface area contributed by atoms with E-state index >= 15 is 0 Å². The fourth-order valence-corrected chi connectivity index (χ4v) is 0.365. The van der Waals surface area contributed by atoms with E-state index in [2.05, 4.69) is 13.2 Å². The molecule has 2 heteroatoms. The van der Waals surface area contributed by atoms with Crippen molar-refractivity contribution in [3.8, 4) is 0 Å². The molecule has 0 bridgehead atoms. The van der Waals surface area contributed by atoms with E-state index in [0.717, 1.165) is 6.42 Å². The van der Waals surface area contributed by atoms with E-state index in [4.69, 9.17) is 0 Å². The quantitative estimate of drug-likeness (QED) is 0.450. The zero-order chi connectivity index (χ0) is 9.02. The average Bonchev–Trinajstić information content (AvgIpc) is 1.87. The maximum atomic E-state index is 10.8. The summed E-state index contributed by atoms with van der Waals surface area (Å²) in [4.78, 5) is 21.7. The van der Waals surface area contributed by atoms with Crippen LogP contribution in [0.2, 0.25) is 0 Å². The molecule has 0 aromatic rings. The SMILES string of the molecule is C=C(C)C(=O)[CH]C(=O)C(=C)C. The van der Waals surface area contributed by atoms with E-state index < -0.39 is 0 Å². The highest BCUT2D eigenvalue weighted by Gasteiger charge is 2.10. The van der Waals surface area contributed by atoms with Gasteiger partial charge in [0.15, 0.2) is 11.6 Å². The van der Waals surface area contributed by atoms with Gasteiger partial charge >= 0.3 is 0 Å². The van der Waals surface area contributed by atoms with Crippen LogP contribution in [0.4, 0.5) is 0 Å². The molecular weight excluding hydrogens is 140 g/mol. The molecule has 0 saturated carbocycles. The van der Waals surface area contributed by atoms with Gasteiger partial charge in [-0.3, -0.25) is 9.59 Å². The van der Waals surface area contributed by atoms with Gasteiger partial charge in [0.25, 0.3) is 0 Å². The molecule has 0 aliphatic heterocycles. The summed E-state index contributed by atoms with van der Waals surface area (Å²) in [6.45, 7) is 9.93. The number of Topliss-reactive ketones (excluding diaryl/α,β-unsaturated/α-hetero) is 2. The second kappa shape index (κ2) is 3.86. The molecule has 2 nitrogen and oxygen atoms in total. The molecule has 0 aromatic carbocycles. The van der Waals surface area contributed by atoms with Gasteiger partial charge in [0.2, 0.25) is 0 Å². The molecule has 0 unspecified atom stereocenters. The second-order valence-electron chi connectivity index (χ2n) is 2.43. The fraction of sp³-hybridized carbons (Fsp3) is 0.222. The minimum Gasteiger partial charge on any atom is -0.294 e. The summed E-state index contributed by atoms with van der Waals surface area (Å²) in [5.74, 6) is -0.670. The Labute approximate surface area is 66.6 Å². The van der Waals surface area contributed by atoms with Crippen LogP contribution in [0.1, 0.15) is 13.8 Å². The van der Waals surface area contributed by atoms with Crippen LogP contribution in [0.5, 0.6) is 0 Å². The highest BCUT2D eigenvalue weighted by Crippen LogP contribution is 1.99. The minimum absolute atomic E-state index is 0.335. The molecule has 11 heavy (non-hydrogen) atoms. The van der Waals surface area contributed by atoms with Gasteiger partial charge in [-0.05, 0) is 25.0 Å². The van der Waals surface area contributed by atoms with Crippen molar-refractivity contribution in [1.82, 2.24) is 0 Å². The largest absolute Gasteiger partial charge is 0.294 e. The molecule has 0 heterocycles. The van der Waals surface area contributed by atoms with E-state index in [1.54, 1.807) is 13.8 Å². The summed E-state index contributed by atoms with van der Waals surface area (Å²) in [7, 11) is 0. The monoisotopic (exact) mass is 151 g/mol. The van der Waals surface area contributed by atoms with E-state index in [-0.39, 0.29) is 11.6 Å². The topological polar surface area (TPSA) is 34.1 Å². The number of allylic oxidation sites excluding steroid dienone is 2. The Kier molecular flexibility index (Phi) is 3.45. The number of rotatable bonds is 4. The van der Waals surface area contributed by atoms with Gasteiger partial charge in [-0.15, -0.1) is 0 Å². The Balaban J connectivity index is 4.07. The van der Waals surface area contributed by atoms with Crippen molar-refractivity contribution in [2.24, 2.45) is 0 Å². The van der Waals surface area contributed by atoms with E-state index in [9.17, 15) is 9.59 Å². The molecule has 0 saturated heterocycles. The Morgan fingerprint density at radius 2 is 1.27 bits per heavy atom. The first kappa shape index (κ1) is 9.82. The van der Waals surface area contributed by atoms with Crippen LogP contribution in [-0.2, 0) is 9.59 Å². The van der Waals surface area contributed by atoms with Gasteiger partial charge in [0.1, 0.15) is 6.42 Å². The molecule has 0 aromatic heterocycles. The summed E-state index contributed by atoms with van der Waals surface area (Å²) >= 11 is 0. The first-order valence-electron chi connectivity index (χ1n) is 3.19. The number of hydrogen-bond acceptors (Lipinski definition) is 2. The Morgan fingerprint density at radius 1 is 1.00 bits per heavy atom. The van der Waals surface area contributed by atoms with Crippen LogP contribution in [-0.4, -0.2) is 11.6 Å². The molecule has 1 radical (unpaired) electrons. The lowest BCUT2D eigenvalue weighted by Gasteiger charge is -1.96. The number of carbonyl (C=O) groups is 2. The maximum Gasteiger partial charge on any atom is 0.170 e. The van der Waals surface area contributed by atoms with Crippen molar-refractivity contribution in [2.45, 2.75) is 13.8 Å². The minimum atomic E-state index is -0.335. The fourth-order valence-electron chi connectivity index (χ4n) is 0.365. The summed E-state index contributed by atoms with van der Waals surface area (Å²) in [6.07, 6.45) is 1.00. The highest BCUT2D eigenvalue weighted by atomic mass is 16.1. The molecule has 0 N–H and O–H groups in total. The van der Waals surface area contributed by atoms with Gasteiger partial charge in [0, 0.05) is 0 Å². The Morgan fingerprint density at radius 3 is 1.45 bits per heavy atom. The van der Waals surface area contributed by atoms with E-state index in [0.29, 0.717) is 11.1 Å². The van der Waals surface area contributed by atoms with Crippen LogP contribution in [0.25, 0.3) is 0 Å². The molecule has 0 amide bonds. The summed E-state index contributed by atoms with van der Waals surface area (Å²) in [5.41, 5.74) is 0.721. The smallest absolute Gasteiger partial charge is 0.170 e. The average molecular weight is 151 g/mol. The maximum absolute atomic E-state index is 10.8. The van der Waals surface area contributed by atoms with Gasteiger partial charge in [-0.2, -0.15) is 0 Å². The van der Waals surface area contributed by atoms with Gasteiger partial charge < -0.3 is 0 Å². The molecular formula is C9H11O2. The van der Waals surface area contributed by atoms with Crippen LogP contribution in [0.3, 0.4) is 0 Å². The number of hydrogen-bond donors (Lipinski definition) is 0. The standard InChI is InChI=1S/C9H11O2/c1-6(2)8(10)5-9(11)7(3)4/h5H,1,3H2,2,4H3. The molecule has 0 aliphatic carbocycles. The summed E-state index contributed by atoms with van der Waals surface area (Å²) < 4.78 is 0. The molecule has 59 valence electrons. The molecule has 0 atom stereocenters. The van der Waals surface area contributed by atoms with Crippen molar-refractivity contribution in [3.05, 3.63) is 30.7 Å². The lowest BCUT2D eigenvalue weighted by atomic mass is 10.1. The third-order valence-corrected chi connectivity index (χ3v) is 1.10. The number of carbonyl (C=O) groups excluding carboxylic acids is 2. The molecule has 0 fully saturated rings. The first-order valence-corrected chi connectivity index (χ1v) is 3.19. The number of ketones is 2. The zero-order valence-corrected chi connectivity index (χ0v) is 6.81. The highest BCUT2D eigenvalue weighted by molar-refractivity contribution is 6.21. The second-order valence-corrected chi connectivity index (χ2v) is 2.43. The predicted octanol–water partition coefficient (Wildman–Crippen LogP) is 1.48. The third-order valence-electron chi connectivity index (χ3n) is 1.10. The van der Waals surface area contributed by atoms with Gasteiger partial charge in [-0.25, -0.2) is 0 Å². The van der Waals surface area contributed by atoms with Crippen molar-refractivity contribution in [1.29, 1.82) is 0 Å². The van der Waals surface area contributed by atoms with Crippen molar-refractivity contribution in [3.63, 3.8) is 0 Å². The molecule has 0 spiro atoms. The van der Waals surface area contributed by atoms with Crippen molar-refractivity contribution < 1.29 is 9.59 Å². The van der Waals surface area contributed by atoms with Crippen LogP contribution in [0, 0.1) is 6.42 Å². The van der Waals surface area contributed by atoms with Crippen LogP contribution >= 0.6 is 0 Å². The van der Waals surface area contributed by atoms with Crippen LogP contribution in [0.15, 0.2) is 24.3 Å². The molecule has 0 rings (SSSR count). The zero-order valence-electron chi connectivity index (χ0n) is 6.81. The van der Waals surface area contributed by atoms with Gasteiger partial charge in [0.05, 0.1) is 0 Å². The molecule has 0 aliphatic rings. The van der Waals surface area contributed by atoms with Crippen molar-refractivity contribution in [2.75, 3.05) is 0 Å². The predicted molar refractivity (Wildman–Crippen MR) is 43.9 cm³/mol. The lowest BCUT2D eigenvalue weighted by molar-refractivity contribution is -0.118. The van der Waals surface area contributed by atoms with Crippen molar-refractivity contribution >= 4 is 11.6 Å². The Bertz CT molecular complexity index is 200. The van der Waals surface area contributed by atoms with E-state index in [1.165, 1.54) is 0 Å². The van der Waals surface area contributed by atoms with E-state index in [1.807, 2.05) is 0 Å². The third kappa shape index (κ3) is 3.50.